The van der Waals surface area contributed by atoms with E-state index < -0.39 is 17.4 Å². The number of aromatic nitrogens is 6. The highest BCUT2D eigenvalue weighted by Gasteiger charge is 2.39. The van der Waals surface area contributed by atoms with Gasteiger partial charge in [-0.05, 0) is 18.6 Å². The van der Waals surface area contributed by atoms with Gasteiger partial charge in [-0.15, -0.1) is 10.2 Å². The maximum Gasteiger partial charge on any atom is 0.435 e. The average molecular weight is 454 g/mol. The molecule has 0 amide bonds. The summed E-state index contributed by atoms with van der Waals surface area (Å²) in [6.07, 6.45) is -3.47. The summed E-state index contributed by atoms with van der Waals surface area (Å²) >= 11 is 0. The fourth-order valence-corrected chi connectivity index (χ4v) is 3.51. The molecule has 5 aromatic rings. The molecule has 0 atom stereocenters. The summed E-state index contributed by atoms with van der Waals surface area (Å²) in [5, 5.41) is 20.8. The number of benzene rings is 1. The number of pyridine rings is 1. The number of fused-ring (bicyclic) bond motifs is 1. The Labute approximate surface area is 182 Å². The van der Waals surface area contributed by atoms with Crippen LogP contribution in [0.4, 0.5) is 13.2 Å². The van der Waals surface area contributed by atoms with Crippen LogP contribution in [0.1, 0.15) is 11.4 Å². The molecule has 12 heteroatoms. The lowest BCUT2D eigenvalue weighted by Crippen LogP contribution is -2.20. The second kappa shape index (κ2) is 7.29. The third-order valence-corrected chi connectivity index (χ3v) is 4.93. The number of rotatable bonds is 3. The Morgan fingerprint density at radius 2 is 1.76 bits per heavy atom. The van der Waals surface area contributed by atoms with Crippen LogP contribution in [-0.2, 0) is 6.18 Å². The first-order valence-electron chi connectivity index (χ1n) is 9.51. The third kappa shape index (κ3) is 3.41. The first-order chi connectivity index (χ1) is 15.7. The zero-order chi connectivity index (χ0) is 23.3. The van der Waals surface area contributed by atoms with Crippen LogP contribution in [0.3, 0.4) is 0 Å². The Balaban J connectivity index is 1.73. The number of halogens is 3. The average Bonchev–Trinajstić information content (AvgIpc) is 3.40. The molecule has 2 N–H and O–H groups in total. The smallest absolute Gasteiger partial charge is 0.435 e. The monoisotopic (exact) mass is 454 g/mol. The third-order valence-electron chi connectivity index (χ3n) is 4.93. The first-order valence-corrected chi connectivity index (χ1v) is 9.51. The molecule has 33 heavy (non-hydrogen) atoms. The molecule has 0 bridgehead atoms. The molecule has 4 heterocycles. The molecule has 4 aromatic heterocycles. The van der Waals surface area contributed by atoms with E-state index in [0.717, 1.165) is 0 Å². The lowest BCUT2D eigenvalue weighted by molar-refractivity contribution is -0.140. The van der Waals surface area contributed by atoms with Crippen molar-refractivity contribution in [2.24, 2.45) is 0 Å². The summed E-state index contributed by atoms with van der Waals surface area (Å²) in [5.74, 6) is -0.498. The van der Waals surface area contributed by atoms with Gasteiger partial charge in [-0.2, -0.15) is 22.8 Å². The van der Waals surface area contributed by atoms with Crippen molar-refractivity contribution in [3.8, 4) is 39.9 Å². The van der Waals surface area contributed by atoms with E-state index in [1.54, 1.807) is 18.2 Å². The number of H-pyrrole nitrogens is 1. The maximum absolute atomic E-state index is 13.8. The number of aryl methyl sites for hydroxylation is 1. The van der Waals surface area contributed by atoms with Gasteiger partial charge in [-0.1, -0.05) is 30.3 Å². The molecule has 5 rings (SSSR count). The Morgan fingerprint density at radius 3 is 2.45 bits per heavy atom. The highest BCUT2D eigenvalue weighted by Crippen LogP contribution is 2.38. The van der Waals surface area contributed by atoms with E-state index in [-0.39, 0.29) is 45.7 Å². The van der Waals surface area contributed by atoms with E-state index >= 15 is 0 Å². The van der Waals surface area contributed by atoms with Crippen molar-refractivity contribution >= 4 is 5.65 Å². The molecule has 166 valence electrons. The van der Waals surface area contributed by atoms with Crippen molar-refractivity contribution in [3.05, 3.63) is 70.4 Å². The van der Waals surface area contributed by atoms with E-state index in [9.17, 15) is 23.1 Å². The second-order valence-corrected chi connectivity index (χ2v) is 7.09. The van der Waals surface area contributed by atoms with Crippen LogP contribution in [0.5, 0.6) is 5.88 Å². The van der Waals surface area contributed by atoms with E-state index in [1.165, 1.54) is 37.4 Å². The minimum absolute atomic E-state index is 0.0111. The molecular weight excluding hydrogens is 441 g/mol. The molecule has 0 fully saturated rings. The zero-order valence-corrected chi connectivity index (χ0v) is 16.8. The molecule has 0 radical (unpaired) electrons. The van der Waals surface area contributed by atoms with Crippen molar-refractivity contribution in [1.82, 2.24) is 29.8 Å². The fourth-order valence-electron chi connectivity index (χ4n) is 3.51. The number of aromatic amines is 1. The van der Waals surface area contributed by atoms with Gasteiger partial charge in [0.05, 0.1) is 5.56 Å². The highest BCUT2D eigenvalue weighted by molar-refractivity contribution is 5.81. The Hall–Kier alpha value is -4.48. The Morgan fingerprint density at radius 1 is 1.03 bits per heavy atom. The molecule has 1 aromatic carbocycles. The first kappa shape index (κ1) is 20.4. The van der Waals surface area contributed by atoms with E-state index in [0.29, 0.717) is 10.1 Å². The second-order valence-electron chi connectivity index (χ2n) is 7.09. The molecule has 0 aliphatic rings. The van der Waals surface area contributed by atoms with Crippen LogP contribution >= 0.6 is 0 Å². The van der Waals surface area contributed by atoms with Crippen LogP contribution < -0.4 is 5.56 Å². The Kier molecular flexibility index (Phi) is 4.51. The minimum atomic E-state index is -4.80. The van der Waals surface area contributed by atoms with Crippen molar-refractivity contribution in [3.63, 3.8) is 0 Å². The normalized spacial score (nSPS) is 11.9. The van der Waals surface area contributed by atoms with Gasteiger partial charge in [0.15, 0.2) is 5.69 Å². The van der Waals surface area contributed by atoms with Crippen LogP contribution in [0.2, 0.25) is 0 Å². The van der Waals surface area contributed by atoms with Gasteiger partial charge in [-0.3, -0.25) is 4.79 Å². The quantitative estimate of drug-likeness (QED) is 0.425. The molecule has 0 saturated carbocycles. The van der Waals surface area contributed by atoms with Gasteiger partial charge < -0.3 is 14.5 Å². The molecule has 0 saturated heterocycles. The van der Waals surface area contributed by atoms with Crippen molar-refractivity contribution < 1.29 is 22.7 Å². The predicted octanol–water partition coefficient (Wildman–Crippen LogP) is 3.83. The molecule has 0 aliphatic carbocycles. The summed E-state index contributed by atoms with van der Waals surface area (Å²) in [5.41, 5.74) is -1.73. The number of aromatic hydroxyl groups is 1. The van der Waals surface area contributed by atoms with Crippen LogP contribution in [0, 0.1) is 6.92 Å². The minimum Gasteiger partial charge on any atom is -0.493 e. The van der Waals surface area contributed by atoms with E-state index in [4.69, 9.17) is 4.42 Å². The number of nitrogens with one attached hydrogen (secondary N) is 1. The SMILES string of the molecule is Cc1[nH]c2c(-c3ccccc3)c(C(F)(F)F)nn2c(=O)c1-c1nnc(-c2ccnc(O)c2)o1. The molecule has 0 aliphatic heterocycles. The van der Waals surface area contributed by atoms with Crippen molar-refractivity contribution in [2.75, 3.05) is 0 Å². The number of hydrogen-bond acceptors (Lipinski definition) is 7. The van der Waals surface area contributed by atoms with E-state index in [1.807, 2.05) is 0 Å². The van der Waals surface area contributed by atoms with Crippen LogP contribution in [0.15, 0.2) is 57.9 Å². The van der Waals surface area contributed by atoms with Crippen LogP contribution in [0.25, 0.3) is 39.7 Å². The lowest BCUT2D eigenvalue weighted by Gasteiger charge is -2.07. The summed E-state index contributed by atoms with van der Waals surface area (Å²) < 4.78 is 47.6. The van der Waals surface area contributed by atoms with Crippen molar-refractivity contribution in [1.29, 1.82) is 0 Å². The van der Waals surface area contributed by atoms with Gasteiger partial charge in [0.1, 0.15) is 11.2 Å². The highest BCUT2D eigenvalue weighted by atomic mass is 19.4. The summed E-state index contributed by atoms with van der Waals surface area (Å²) in [6.45, 7) is 1.51. The van der Waals surface area contributed by atoms with Gasteiger partial charge in [-0.25, -0.2) is 4.98 Å². The van der Waals surface area contributed by atoms with Gasteiger partial charge in [0, 0.05) is 23.5 Å². The molecule has 0 spiro atoms. The number of alkyl halides is 3. The Bertz CT molecular complexity index is 1550. The molecular formula is C21H13F3N6O3. The zero-order valence-electron chi connectivity index (χ0n) is 16.8. The lowest BCUT2D eigenvalue weighted by atomic mass is 10.1. The van der Waals surface area contributed by atoms with Gasteiger partial charge >= 0.3 is 6.18 Å². The predicted molar refractivity (Wildman–Crippen MR) is 109 cm³/mol. The summed E-state index contributed by atoms with van der Waals surface area (Å²) in [4.78, 5) is 19.7. The standard InChI is InChI=1S/C21H13F3N6O3/c1-10-14(19-28-27-18(33-19)12-7-8-25-13(31)9-12)20(32)30-17(26-10)15(11-5-3-2-4-6-11)16(29-30)21(22,23)24/h2-9,26H,1H3,(H,25,31). The molecule has 9 nitrogen and oxygen atoms in total. The maximum atomic E-state index is 13.8. The molecule has 0 unspecified atom stereocenters. The number of nitrogens with zero attached hydrogens (tertiary/aromatic N) is 5. The summed E-state index contributed by atoms with van der Waals surface area (Å²) in [6, 6.07) is 10.7. The van der Waals surface area contributed by atoms with Gasteiger partial charge in [0.25, 0.3) is 11.4 Å². The summed E-state index contributed by atoms with van der Waals surface area (Å²) in [7, 11) is 0. The van der Waals surface area contributed by atoms with E-state index in [2.05, 4.69) is 25.3 Å². The topological polar surface area (TPSA) is 122 Å². The number of hydrogen-bond donors (Lipinski definition) is 2. The van der Waals surface area contributed by atoms with Crippen molar-refractivity contribution in [2.45, 2.75) is 13.1 Å². The largest absolute Gasteiger partial charge is 0.493 e. The fraction of sp³-hybridized carbons (Fsp3) is 0.0952. The van der Waals surface area contributed by atoms with Crippen LogP contribution in [-0.4, -0.2) is 34.9 Å². The van der Waals surface area contributed by atoms with Gasteiger partial charge in [0.2, 0.25) is 11.8 Å².